The first-order chi connectivity index (χ1) is 15.2. The summed E-state index contributed by atoms with van der Waals surface area (Å²) in [7, 11) is 0. The molecule has 1 aromatic carbocycles. The number of benzene rings is 1. The molecule has 9 heteroatoms. The number of oxazole rings is 1. The van der Waals surface area contributed by atoms with E-state index in [2.05, 4.69) is 25.5 Å². The molecule has 9 nitrogen and oxygen atoms in total. The summed E-state index contributed by atoms with van der Waals surface area (Å²) in [6.45, 7) is 2.61. The molecule has 0 unspecified atom stereocenters. The number of nitrogens with one attached hydrogen (secondary N) is 1. The monoisotopic (exact) mass is 415 g/mol. The average Bonchev–Trinajstić information content (AvgIpc) is 3.56. The second-order valence-electron chi connectivity index (χ2n) is 8.24. The number of carbonyl (C=O) groups excluding carboxylic acids is 1. The van der Waals surface area contributed by atoms with Gasteiger partial charge in [0.2, 0.25) is 0 Å². The minimum absolute atomic E-state index is 0.0632. The number of nitrogens with zero attached hydrogens (tertiary/aromatic N) is 6. The van der Waals surface area contributed by atoms with Crippen molar-refractivity contribution in [3.63, 3.8) is 0 Å². The molecule has 1 saturated carbocycles. The SMILES string of the molecule is Cc1ccc(-n2nccn2)c(C(=O)N2C[C@@H]3C[C@@H](Nc4nc5ccccc5o4)[C@@H]2C3)n1. The van der Waals surface area contributed by atoms with Crippen LogP contribution in [0.25, 0.3) is 16.8 Å². The molecule has 0 radical (unpaired) electrons. The molecule has 1 N–H and O–H groups in total. The lowest BCUT2D eigenvalue weighted by Crippen LogP contribution is -2.48. The van der Waals surface area contributed by atoms with E-state index < -0.39 is 0 Å². The highest BCUT2D eigenvalue weighted by Gasteiger charge is 2.48. The number of fused-ring (bicyclic) bond motifs is 3. The van der Waals surface area contributed by atoms with Crippen molar-refractivity contribution in [2.24, 2.45) is 5.92 Å². The molecular weight excluding hydrogens is 394 g/mol. The van der Waals surface area contributed by atoms with E-state index in [1.54, 1.807) is 12.4 Å². The highest BCUT2D eigenvalue weighted by molar-refractivity contribution is 5.96. The molecule has 1 aliphatic carbocycles. The fourth-order valence-corrected chi connectivity index (χ4v) is 4.85. The third-order valence-electron chi connectivity index (χ3n) is 6.20. The second-order valence-corrected chi connectivity index (χ2v) is 8.24. The molecular formula is C22H21N7O2. The molecule has 1 amide bonds. The molecule has 3 atom stereocenters. The lowest BCUT2D eigenvalue weighted by atomic mass is 10.1. The van der Waals surface area contributed by atoms with Crippen molar-refractivity contribution in [1.29, 1.82) is 0 Å². The Labute approximate surface area is 178 Å². The van der Waals surface area contributed by atoms with E-state index in [4.69, 9.17) is 4.42 Å². The number of hydrogen-bond donors (Lipinski definition) is 1. The molecule has 0 spiro atoms. The van der Waals surface area contributed by atoms with E-state index in [9.17, 15) is 4.79 Å². The van der Waals surface area contributed by atoms with Gasteiger partial charge >= 0.3 is 0 Å². The fraction of sp³-hybridized carbons (Fsp3) is 0.318. The molecule has 156 valence electrons. The number of para-hydroxylation sites is 2. The van der Waals surface area contributed by atoms with E-state index >= 15 is 0 Å². The minimum Gasteiger partial charge on any atom is -0.424 e. The van der Waals surface area contributed by atoms with Gasteiger partial charge in [0.1, 0.15) is 11.2 Å². The normalized spacial score (nSPS) is 22.4. The summed E-state index contributed by atoms with van der Waals surface area (Å²) in [5, 5.41) is 11.8. The highest BCUT2D eigenvalue weighted by atomic mass is 16.4. The predicted molar refractivity (Wildman–Crippen MR) is 113 cm³/mol. The standard InChI is InChI=1S/C22H21N7O2/c1-13-6-7-17(29-23-8-9-24-29)20(25-13)21(30)28-12-14-10-16(18(28)11-14)27-22-26-15-4-2-3-5-19(15)31-22/h2-9,14,16,18H,10-12H2,1H3,(H,26,27)/t14-,16-,18+/m1/s1. The van der Waals surface area contributed by atoms with Crippen LogP contribution in [-0.4, -0.2) is 54.4 Å². The van der Waals surface area contributed by atoms with Crippen LogP contribution in [0.5, 0.6) is 0 Å². The van der Waals surface area contributed by atoms with Crippen LogP contribution in [0.15, 0.2) is 53.2 Å². The summed E-state index contributed by atoms with van der Waals surface area (Å²) in [6, 6.07) is 12.1. The second kappa shape index (κ2) is 6.90. The van der Waals surface area contributed by atoms with E-state index in [0.717, 1.165) is 36.2 Å². The van der Waals surface area contributed by atoms with Gasteiger partial charge in [-0.05, 0) is 49.9 Å². The van der Waals surface area contributed by atoms with Gasteiger partial charge in [0, 0.05) is 12.2 Å². The predicted octanol–water partition coefficient (Wildman–Crippen LogP) is 2.83. The van der Waals surface area contributed by atoms with Crippen LogP contribution >= 0.6 is 0 Å². The molecule has 4 heterocycles. The van der Waals surface area contributed by atoms with Crippen LogP contribution in [-0.2, 0) is 0 Å². The quantitative estimate of drug-likeness (QED) is 0.547. The summed E-state index contributed by atoms with van der Waals surface area (Å²) in [6.07, 6.45) is 5.13. The van der Waals surface area contributed by atoms with E-state index in [-0.39, 0.29) is 18.0 Å². The number of hydrogen-bond acceptors (Lipinski definition) is 7. The van der Waals surface area contributed by atoms with Gasteiger partial charge in [0.05, 0.1) is 24.5 Å². The first-order valence-electron chi connectivity index (χ1n) is 10.4. The zero-order chi connectivity index (χ0) is 20.9. The Bertz CT molecular complexity index is 1230. The molecule has 6 rings (SSSR count). The number of anilines is 1. The van der Waals surface area contributed by atoms with Crippen LogP contribution in [0.1, 0.15) is 29.0 Å². The summed E-state index contributed by atoms with van der Waals surface area (Å²) < 4.78 is 5.84. The van der Waals surface area contributed by atoms with Gasteiger partial charge in [0.25, 0.3) is 11.9 Å². The summed E-state index contributed by atoms with van der Waals surface area (Å²) >= 11 is 0. The first-order valence-corrected chi connectivity index (χ1v) is 10.4. The van der Waals surface area contributed by atoms with Gasteiger partial charge in [-0.1, -0.05) is 12.1 Å². The average molecular weight is 415 g/mol. The van der Waals surface area contributed by atoms with Crippen molar-refractivity contribution < 1.29 is 9.21 Å². The summed E-state index contributed by atoms with van der Waals surface area (Å²) in [5.74, 6) is 0.361. The van der Waals surface area contributed by atoms with E-state index in [1.807, 2.05) is 48.2 Å². The van der Waals surface area contributed by atoms with Gasteiger partial charge in [-0.15, -0.1) is 4.80 Å². The molecule has 3 aromatic heterocycles. The first kappa shape index (κ1) is 18.1. The van der Waals surface area contributed by atoms with Gasteiger partial charge in [-0.25, -0.2) is 4.98 Å². The van der Waals surface area contributed by atoms with Gasteiger partial charge < -0.3 is 14.6 Å². The Balaban J connectivity index is 1.28. The van der Waals surface area contributed by atoms with Crippen molar-refractivity contribution in [2.45, 2.75) is 31.8 Å². The summed E-state index contributed by atoms with van der Waals surface area (Å²) in [5.41, 5.74) is 3.32. The lowest BCUT2D eigenvalue weighted by Gasteiger charge is -2.33. The van der Waals surface area contributed by atoms with Gasteiger partial charge in [-0.2, -0.15) is 15.2 Å². The number of piperidine rings is 1. The number of pyridine rings is 1. The number of rotatable bonds is 4. The Morgan fingerprint density at radius 1 is 1.10 bits per heavy atom. The molecule has 2 fully saturated rings. The third kappa shape index (κ3) is 3.04. The Morgan fingerprint density at radius 2 is 1.94 bits per heavy atom. The molecule has 2 aliphatic rings. The zero-order valence-corrected chi connectivity index (χ0v) is 17.0. The maximum absolute atomic E-state index is 13.6. The van der Waals surface area contributed by atoms with Crippen molar-refractivity contribution >= 4 is 23.0 Å². The van der Waals surface area contributed by atoms with Gasteiger partial charge in [0.15, 0.2) is 11.3 Å². The van der Waals surface area contributed by atoms with E-state index in [1.165, 1.54) is 4.80 Å². The number of amides is 1. The van der Waals surface area contributed by atoms with Crippen molar-refractivity contribution in [1.82, 2.24) is 29.9 Å². The van der Waals surface area contributed by atoms with Gasteiger partial charge in [-0.3, -0.25) is 4.79 Å². The van der Waals surface area contributed by atoms with Crippen molar-refractivity contribution in [3.8, 4) is 5.69 Å². The van der Waals surface area contributed by atoms with E-state index in [0.29, 0.717) is 23.3 Å². The maximum Gasteiger partial charge on any atom is 0.295 e. The molecule has 1 saturated heterocycles. The zero-order valence-electron chi connectivity index (χ0n) is 17.0. The molecule has 2 bridgehead atoms. The maximum atomic E-state index is 13.6. The van der Waals surface area contributed by atoms with Crippen LogP contribution < -0.4 is 5.32 Å². The lowest BCUT2D eigenvalue weighted by molar-refractivity contribution is 0.0684. The molecule has 1 aliphatic heterocycles. The third-order valence-corrected chi connectivity index (χ3v) is 6.20. The van der Waals surface area contributed by atoms with Crippen molar-refractivity contribution in [2.75, 3.05) is 11.9 Å². The smallest absolute Gasteiger partial charge is 0.295 e. The number of likely N-dealkylation sites (tertiary alicyclic amines) is 1. The molecule has 31 heavy (non-hydrogen) atoms. The highest BCUT2D eigenvalue weighted by Crippen LogP contribution is 2.40. The van der Waals surface area contributed by atoms with Crippen molar-refractivity contribution in [3.05, 3.63) is 60.2 Å². The number of aromatic nitrogens is 5. The number of carbonyl (C=O) groups is 1. The largest absolute Gasteiger partial charge is 0.424 e. The van der Waals surface area contributed by atoms with Crippen LogP contribution in [0, 0.1) is 12.8 Å². The van der Waals surface area contributed by atoms with Crippen LogP contribution in [0.4, 0.5) is 6.01 Å². The van der Waals surface area contributed by atoms with Crippen LogP contribution in [0.3, 0.4) is 0 Å². The fourth-order valence-electron chi connectivity index (χ4n) is 4.85. The Kier molecular flexibility index (Phi) is 4.02. The number of aryl methyl sites for hydroxylation is 1. The topological polar surface area (TPSA) is 102 Å². The Morgan fingerprint density at radius 3 is 2.74 bits per heavy atom. The minimum atomic E-state index is -0.0902. The Hall–Kier alpha value is -3.75. The molecule has 4 aromatic rings. The summed E-state index contributed by atoms with van der Waals surface area (Å²) in [4.78, 5) is 26.0. The van der Waals surface area contributed by atoms with Crippen LogP contribution in [0.2, 0.25) is 0 Å².